The molecule has 0 saturated heterocycles. The number of aromatic nitrogens is 8. The van der Waals surface area contributed by atoms with E-state index < -0.39 is 0 Å². The van der Waals surface area contributed by atoms with Crippen molar-refractivity contribution in [3.8, 4) is 0 Å². The topological polar surface area (TPSA) is 64.1 Å². The van der Waals surface area contributed by atoms with Crippen LogP contribution in [0.4, 0.5) is 0 Å². The van der Waals surface area contributed by atoms with Crippen LogP contribution >= 0.6 is 125 Å². The van der Waals surface area contributed by atoms with E-state index in [1.807, 2.05) is 4.57 Å². The number of rotatable bonds is 43. The highest BCUT2D eigenvalue weighted by Crippen LogP contribution is 2.26. The van der Waals surface area contributed by atoms with Crippen LogP contribution in [0.3, 0.4) is 0 Å². The molecule has 108 heavy (non-hydrogen) atoms. The quantitative estimate of drug-likeness (QED) is 0.0235. The Morgan fingerprint density at radius 1 is 0.333 bits per heavy atom. The van der Waals surface area contributed by atoms with Crippen LogP contribution in [-0.2, 0) is 52.0 Å². The van der Waals surface area contributed by atoms with E-state index in [4.69, 9.17) is 92.8 Å². The van der Waals surface area contributed by atoms with Crippen molar-refractivity contribution in [3.63, 3.8) is 0 Å². The summed E-state index contributed by atoms with van der Waals surface area (Å²) in [6, 6.07) is 45.4. The van der Waals surface area contributed by atoms with Gasteiger partial charge in [-0.05, 0) is 140 Å². The summed E-state index contributed by atoms with van der Waals surface area (Å²) < 4.78 is 10.3. The first-order chi connectivity index (χ1) is 51.7. The second-order valence-corrected chi connectivity index (χ2v) is 32.2. The van der Waals surface area contributed by atoms with Gasteiger partial charge in [0.05, 0.1) is 38.8 Å². The number of imidazole rings is 4. The largest absolute Gasteiger partial charge is 1.00 e. The van der Waals surface area contributed by atoms with Gasteiger partial charge < -0.3 is 43.5 Å². The van der Waals surface area contributed by atoms with Gasteiger partial charge in [-0.2, -0.15) is 0 Å². The molecule has 0 bridgehead atoms. The number of nitrogens with zero attached hydrogens (tertiary/aromatic N) is 7. The van der Waals surface area contributed by atoms with Gasteiger partial charge in [-0.25, -0.2) is 28.2 Å². The molecule has 598 valence electrons. The molecule has 4 aromatic heterocycles. The average Bonchev–Trinajstić information content (AvgIpc) is 1.69. The van der Waals surface area contributed by atoms with E-state index in [1.54, 1.807) is 6.33 Å². The van der Waals surface area contributed by atoms with E-state index in [2.05, 4.69) is 233 Å². The Bertz CT molecular complexity index is 3740. The van der Waals surface area contributed by atoms with Crippen molar-refractivity contribution in [2.24, 2.45) is 0 Å². The summed E-state index contributed by atoms with van der Waals surface area (Å²) in [5.41, 5.74) is 4.04. The van der Waals surface area contributed by atoms with Crippen LogP contribution < -0.4 is 43.1 Å². The predicted molar refractivity (Wildman–Crippen MR) is 471 cm³/mol. The smallest absolute Gasteiger partial charge is 0.255 e. The second-order valence-electron chi connectivity index (χ2n) is 27.8. The molecular formula is C88H122Br4Cl8N8. The van der Waals surface area contributed by atoms with E-state index in [0.717, 1.165) is 76.6 Å². The fraction of sp³-hybridized carbons (Fsp3) is 0.523. The molecule has 0 amide bonds. The standard InChI is InChI=1S/2C25H33Cl2N2.C13H22Cl2N2.C12H11Br.C10H21Br.C3H2Cl2N2.2BrH/c2*1-2-3-4-5-6-7-8-11-17-28-20-29(25(27)24(28)26)18-16-21-14-15-22-12-9-10-13-23(22)19-21;1-2-3-4-5-6-7-8-9-10-17-11-16-12(14)13(17)15;13-8-7-10-5-6-11-3-1-2-4-12(11)9-10;1-2-3-4-5-6-7-8-9-10-11;4-2-3(5)7-1-6-2;;/h2*9-10,12-15,19-20H,2-8,11,16-18H2,1H3;11H,2-10H2,1H3;1-6,9H,7-8H2;2-10H2,1H3;1H,(H,6,7);2*1H/q2*+1;;;;;;/p-2. The fourth-order valence-corrected chi connectivity index (χ4v) is 15.0. The molecule has 0 radical (unpaired) electrons. The third kappa shape index (κ3) is 40.5. The molecule has 0 spiro atoms. The summed E-state index contributed by atoms with van der Waals surface area (Å²) in [5.74, 6) is 0. The van der Waals surface area contributed by atoms with Crippen LogP contribution in [0, 0.1) is 0 Å². The molecule has 0 atom stereocenters. The van der Waals surface area contributed by atoms with E-state index in [0.29, 0.717) is 41.2 Å². The lowest BCUT2D eigenvalue weighted by atomic mass is 10.1. The van der Waals surface area contributed by atoms with Gasteiger partial charge in [0, 0.05) is 30.0 Å². The van der Waals surface area contributed by atoms with Crippen LogP contribution in [0.5, 0.6) is 0 Å². The van der Waals surface area contributed by atoms with Gasteiger partial charge in [0.1, 0.15) is 10.3 Å². The molecule has 10 rings (SSSR count). The zero-order valence-corrected chi connectivity index (χ0v) is 77.2. The summed E-state index contributed by atoms with van der Waals surface area (Å²) in [6.45, 7) is 13.5. The minimum Gasteiger partial charge on any atom is -1.00 e. The number of H-pyrrole nitrogens is 1. The van der Waals surface area contributed by atoms with Crippen LogP contribution in [0.15, 0.2) is 153 Å². The Morgan fingerprint density at radius 2 is 0.667 bits per heavy atom. The summed E-state index contributed by atoms with van der Waals surface area (Å²) in [6.07, 6.45) is 53.3. The van der Waals surface area contributed by atoms with Crippen LogP contribution in [0.1, 0.15) is 250 Å². The van der Waals surface area contributed by atoms with E-state index in [9.17, 15) is 0 Å². The van der Waals surface area contributed by atoms with Gasteiger partial charge in [-0.3, -0.25) is 0 Å². The Balaban J connectivity index is 0.000000355. The zero-order chi connectivity index (χ0) is 76.2. The highest BCUT2D eigenvalue weighted by Gasteiger charge is 2.21. The number of halogens is 12. The number of benzene rings is 6. The first-order valence-electron chi connectivity index (χ1n) is 39.9. The van der Waals surface area contributed by atoms with Crippen molar-refractivity contribution in [3.05, 3.63) is 211 Å². The molecule has 0 aliphatic carbocycles. The number of aromatic amines is 1. The molecule has 4 heterocycles. The maximum Gasteiger partial charge on any atom is 0.255 e. The number of aryl methyl sites for hydroxylation is 8. The molecule has 0 aliphatic rings. The maximum absolute atomic E-state index is 6.50. The fourth-order valence-electron chi connectivity index (χ4n) is 12.7. The predicted octanol–water partition coefficient (Wildman–Crippen LogP) is 24.6. The number of fused-ring (bicyclic) bond motifs is 3. The van der Waals surface area contributed by atoms with Gasteiger partial charge in [-0.15, -0.1) is 0 Å². The first kappa shape index (κ1) is 99.4. The van der Waals surface area contributed by atoms with Crippen molar-refractivity contribution < 1.29 is 43.1 Å². The lowest BCUT2D eigenvalue weighted by Gasteiger charge is -2.04. The number of nitrogens with one attached hydrogen (secondary N) is 1. The minimum absolute atomic E-state index is 0. The van der Waals surface area contributed by atoms with Gasteiger partial charge in [-0.1, -0.05) is 400 Å². The maximum atomic E-state index is 6.50. The third-order valence-corrected chi connectivity index (χ3v) is 23.2. The van der Waals surface area contributed by atoms with Crippen molar-refractivity contribution in [1.29, 1.82) is 0 Å². The molecule has 0 aliphatic heterocycles. The molecule has 0 unspecified atom stereocenters. The molecule has 6 aromatic carbocycles. The van der Waals surface area contributed by atoms with Crippen LogP contribution in [0.2, 0.25) is 41.2 Å². The molecule has 0 saturated carbocycles. The summed E-state index contributed by atoms with van der Waals surface area (Å²) in [5, 5.41) is 14.3. The number of hydrogen-bond donors (Lipinski definition) is 1. The van der Waals surface area contributed by atoms with Gasteiger partial charge in [0.15, 0.2) is 10.3 Å². The highest BCUT2D eigenvalue weighted by atomic mass is 79.9. The minimum atomic E-state index is 0. The molecule has 10 aromatic rings. The summed E-state index contributed by atoms with van der Waals surface area (Å²) in [7, 11) is 0. The van der Waals surface area contributed by atoms with E-state index in [1.165, 1.54) is 247 Å². The number of alkyl halides is 2. The lowest BCUT2D eigenvalue weighted by Crippen LogP contribution is -3.00. The Labute approximate surface area is 728 Å². The van der Waals surface area contributed by atoms with Crippen molar-refractivity contribution >= 4 is 157 Å². The van der Waals surface area contributed by atoms with Crippen LogP contribution in [-0.4, -0.2) is 39.3 Å². The Hall–Kier alpha value is -2.82. The molecular weight excluding hydrogens is 1770 g/mol. The third-order valence-electron chi connectivity index (χ3n) is 19.0. The lowest BCUT2D eigenvalue weighted by molar-refractivity contribution is -0.694. The van der Waals surface area contributed by atoms with Crippen molar-refractivity contribution in [2.75, 3.05) is 10.7 Å². The van der Waals surface area contributed by atoms with Gasteiger partial charge in [0.25, 0.3) is 20.6 Å². The van der Waals surface area contributed by atoms with E-state index >= 15 is 0 Å². The number of hydrogen-bond acceptors (Lipinski definition) is 2. The monoisotopic (exact) mass is 1890 g/mol. The Kier molecular flexibility index (Phi) is 57.5. The normalized spacial score (nSPS) is 10.8. The molecule has 0 fully saturated rings. The molecule has 20 heteroatoms. The zero-order valence-electron chi connectivity index (χ0n) is 64.8. The summed E-state index contributed by atoms with van der Waals surface area (Å²) >= 11 is 55.3. The van der Waals surface area contributed by atoms with Gasteiger partial charge in [0.2, 0.25) is 12.7 Å². The summed E-state index contributed by atoms with van der Waals surface area (Å²) in [4.78, 5) is 10.1. The SMILES string of the molecule is BrCCc1ccc2ccccc2c1.CCCCCCCCCCBr.CCCCCCCCCC[n+]1cn(CCc2ccc3ccccc3c2)c(Cl)c1Cl.CCCCCCCCCC[n+]1cn(CCc2ccc3ccccc3c2)c(Cl)c1Cl.CCCCCCCCCCn1cnc(Cl)c1Cl.Clc1nc[nH]c1Cl.[Br-].[Br-]. The van der Waals surface area contributed by atoms with E-state index in [-0.39, 0.29) is 34.0 Å². The first-order valence-corrected chi connectivity index (χ1v) is 45.1. The number of unbranched alkanes of at least 4 members (excludes halogenated alkanes) is 28. The van der Waals surface area contributed by atoms with Crippen LogP contribution in [0.25, 0.3) is 32.3 Å². The molecule has 1 N–H and O–H groups in total. The van der Waals surface area contributed by atoms with Crippen molar-refractivity contribution in [1.82, 2.24) is 28.7 Å². The molecule has 8 nitrogen and oxygen atoms in total. The highest BCUT2D eigenvalue weighted by molar-refractivity contribution is 9.09. The van der Waals surface area contributed by atoms with Crippen molar-refractivity contribution in [2.45, 2.75) is 285 Å². The average molecular weight is 1900 g/mol. The Morgan fingerprint density at radius 3 is 0.972 bits per heavy atom. The van der Waals surface area contributed by atoms with Gasteiger partial charge >= 0.3 is 0 Å². The second kappa shape index (κ2) is 62.5.